The number of benzene rings is 2. The van der Waals surface area contributed by atoms with E-state index < -0.39 is 0 Å². The lowest BCUT2D eigenvalue weighted by molar-refractivity contribution is 0.263. The second-order valence-corrected chi connectivity index (χ2v) is 8.33. The Morgan fingerprint density at radius 2 is 1.88 bits per heavy atom. The lowest BCUT2D eigenvalue weighted by atomic mass is 10.0. The number of aromatic amines is 1. The van der Waals surface area contributed by atoms with E-state index in [-0.39, 0.29) is 11.6 Å². The van der Waals surface area contributed by atoms with Gasteiger partial charge in [-0.2, -0.15) is 0 Å². The molecule has 0 spiro atoms. The number of aromatic nitrogens is 5. The molecule has 1 atom stereocenters. The zero-order chi connectivity index (χ0) is 22.1. The molecule has 0 radical (unpaired) electrons. The molecule has 0 bridgehead atoms. The molecule has 8 heteroatoms. The number of likely N-dealkylation sites (tertiary alicyclic amines) is 1. The molecule has 2 aromatic carbocycles. The van der Waals surface area contributed by atoms with Gasteiger partial charge in [0.2, 0.25) is 0 Å². The Kier molecular flexibility index (Phi) is 5.45. The average Bonchev–Trinajstić information content (AvgIpc) is 3.48. The molecule has 0 saturated carbocycles. The fourth-order valence-electron chi connectivity index (χ4n) is 4.47. The number of nitrogens with one attached hydrogen (secondary N) is 1. The predicted octanol–water partition coefficient (Wildman–Crippen LogP) is 3.07. The molecule has 4 aromatic rings. The Hall–Kier alpha value is -3.52. The first kappa shape index (κ1) is 20.4. The van der Waals surface area contributed by atoms with Gasteiger partial charge in [-0.05, 0) is 84.6 Å². The highest BCUT2D eigenvalue weighted by molar-refractivity contribution is 5.79. The van der Waals surface area contributed by atoms with E-state index in [1.165, 1.54) is 0 Å². The fourth-order valence-corrected chi connectivity index (χ4v) is 4.47. The third-order valence-corrected chi connectivity index (χ3v) is 6.12. The summed E-state index contributed by atoms with van der Waals surface area (Å²) in [6, 6.07) is 15.6. The largest absolute Gasteiger partial charge is 0.497 e. The van der Waals surface area contributed by atoms with Gasteiger partial charge in [-0.25, -0.2) is 4.68 Å². The molecule has 1 saturated heterocycles. The van der Waals surface area contributed by atoms with Crippen molar-refractivity contribution >= 4 is 10.9 Å². The quantitative estimate of drug-likeness (QED) is 0.506. The van der Waals surface area contributed by atoms with E-state index in [9.17, 15) is 4.79 Å². The molecule has 0 amide bonds. The van der Waals surface area contributed by atoms with Crippen LogP contribution in [0.1, 0.15) is 41.4 Å². The summed E-state index contributed by atoms with van der Waals surface area (Å²) < 4.78 is 7.05. The minimum atomic E-state index is -0.306. The third-order valence-electron chi connectivity index (χ3n) is 6.12. The number of fused-ring (bicyclic) bond motifs is 1. The van der Waals surface area contributed by atoms with Gasteiger partial charge in [0.25, 0.3) is 5.56 Å². The first-order chi connectivity index (χ1) is 15.6. The van der Waals surface area contributed by atoms with Crippen LogP contribution in [0.25, 0.3) is 10.9 Å². The summed E-state index contributed by atoms with van der Waals surface area (Å²) in [6.07, 6.45) is 2.20. The molecular weight excluding hydrogens is 404 g/mol. The first-order valence-corrected chi connectivity index (χ1v) is 10.9. The monoisotopic (exact) mass is 430 g/mol. The summed E-state index contributed by atoms with van der Waals surface area (Å²) in [4.78, 5) is 18.5. The number of ether oxygens (including phenoxy) is 1. The second kappa shape index (κ2) is 8.55. The van der Waals surface area contributed by atoms with Crippen LogP contribution in [-0.2, 0) is 6.54 Å². The Morgan fingerprint density at radius 3 is 2.62 bits per heavy atom. The van der Waals surface area contributed by atoms with E-state index in [0.717, 1.165) is 53.7 Å². The first-order valence-electron chi connectivity index (χ1n) is 10.9. The van der Waals surface area contributed by atoms with E-state index >= 15 is 0 Å². The van der Waals surface area contributed by atoms with Crippen LogP contribution in [0.5, 0.6) is 5.75 Å². The minimum Gasteiger partial charge on any atom is -0.497 e. The molecular formula is C24H26N6O2. The number of nitrogens with zero attached hydrogens (tertiary/aromatic N) is 5. The molecule has 1 N–H and O–H groups in total. The Labute approximate surface area is 185 Å². The van der Waals surface area contributed by atoms with Crippen molar-refractivity contribution in [3.63, 3.8) is 0 Å². The van der Waals surface area contributed by atoms with Crippen LogP contribution in [0.3, 0.4) is 0 Å². The number of H-pyrrole nitrogens is 1. The number of hydrogen-bond donors (Lipinski definition) is 1. The van der Waals surface area contributed by atoms with E-state index in [1.807, 2.05) is 42.5 Å². The summed E-state index contributed by atoms with van der Waals surface area (Å²) in [5, 5.41) is 13.6. The topological polar surface area (TPSA) is 88.9 Å². The zero-order valence-electron chi connectivity index (χ0n) is 18.3. The number of hydrogen-bond acceptors (Lipinski definition) is 6. The van der Waals surface area contributed by atoms with Crippen LogP contribution in [0.2, 0.25) is 0 Å². The molecule has 5 rings (SSSR count). The van der Waals surface area contributed by atoms with E-state index in [1.54, 1.807) is 11.8 Å². The van der Waals surface area contributed by atoms with Gasteiger partial charge in [-0.1, -0.05) is 23.8 Å². The fraction of sp³-hybridized carbons (Fsp3) is 0.333. The molecule has 8 nitrogen and oxygen atoms in total. The van der Waals surface area contributed by atoms with Crippen LogP contribution in [0.4, 0.5) is 0 Å². The maximum atomic E-state index is 13.2. The predicted molar refractivity (Wildman–Crippen MR) is 122 cm³/mol. The van der Waals surface area contributed by atoms with Crippen LogP contribution < -0.4 is 10.3 Å². The maximum Gasteiger partial charge on any atom is 0.253 e. The van der Waals surface area contributed by atoms with E-state index in [4.69, 9.17) is 4.74 Å². The van der Waals surface area contributed by atoms with Gasteiger partial charge in [-0.15, -0.1) is 5.10 Å². The lowest BCUT2D eigenvalue weighted by Gasteiger charge is -2.26. The van der Waals surface area contributed by atoms with E-state index in [0.29, 0.717) is 17.9 Å². The average molecular weight is 431 g/mol. The zero-order valence-corrected chi connectivity index (χ0v) is 18.3. The van der Waals surface area contributed by atoms with Crippen LogP contribution in [-0.4, -0.2) is 50.3 Å². The molecule has 0 unspecified atom stereocenters. The van der Waals surface area contributed by atoms with Crippen molar-refractivity contribution in [2.24, 2.45) is 0 Å². The van der Waals surface area contributed by atoms with Crippen molar-refractivity contribution in [2.75, 3.05) is 20.2 Å². The van der Waals surface area contributed by atoms with Gasteiger partial charge in [0, 0.05) is 11.1 Å². The molecule has 0 aliphatic carbocycles. The van der Waals surface area contributed by atoms with Crippen molar-refractivity contribution in [2.45, 2.75) is 32.4 Å². The van der Waals surface area contributed by atoms with Crippen molar-refractivity contribution in [3.05, 3.63) is 81.4 Å². The second-order valence-electron chi connectivity index (χ2n) is 8.33. The summed E-state index contributed by atoms with van der Waals surface area (Å²) in [5.74, 6) is 1.49. The van der Waals surface area contributed by atoms with Gasteiger partial charge in [0.05, 0.1) is 13.7 Å². The molecule has 1 aliphatic rings. The number of pyridine rings is 1. The SMILES string of the molecule is COc1ccc(Cn2nnnc2[C@@H](c2cc3cc(C)ccc3[nH]c2=O)N2CCCC2)cc1. The highest BCUT2D eigenvalue weighted by Gasteiger charge is 2.32. The smallest absolute Gasteiger partial charge is 0.253 e. The summed E-state index contributed by atoms with van der Waals surface area (Å²) in [6.45, 7) is 4.38. The van der Waals surface area contributed by atoms with Gasteiger partial charge >= 0.3 is 0 Å². The summed E-state index contributed by atoms with van der Waals surface area (Å²) in [5.41, 5.74) is 3.62. The minimum absolute atomic E-state index is 0.0998. The normalized spacial score (nSPS) is 15.3. The van der Waals surface area contributed by atoms with Gasteiger partial charge in [0.1, 0.15) is 11.8 Å². The van der Waals surface area contributed by atoms with Crippen molar-refractivity contribution in [1.29, 1.82) is 0 Å². The molecule has 32 heavy (non-hydrogen) atoms. The Morgan fingerprint density at radius 1 is 1.09 bits per heavy atom. The molecule has 164 valence electrons. The van der Waals surface area contributed by atoms with Gasteiger partial charge in [0.15, 0.2) is 5.82 Å². The summed E-state index contributed by atoms with van der Waals surface area (Å²) >= 11 is 0. The molecule has 3 heterocycles. The van der Waals surface area contributed by atoms with Crippen LogP contribution in [0.15, 0.2) is 53.3 Å². The van der Waals surface area contributed by atoms with Crippen LogP contribution in [0, 0.1) is 6.92 Å². The van der Waals surface area contributed by atoms with Crippen molar-refractivity contribution in [3.8, 4) is 5.75 Å². The standard InChI is InChI=1S/C24H26N6O2/c1-16-5-10-21-18(13-16)14-20(24(31)25-21)22(29-11-3-4-12-29)23-26-27-28-30(23)15-17-6-8-19(32-2)9-7-17/h5-10,13-14,22H,3-4,11-12,15H2,1-2H3,(H,25,31)/t22-/m1/s1. The van der Waals surface area contributed by atoms with E-state index in [2.05, 4.69) is 38.4 Å². The molecule has 1 fully saturated rings. The number of rotatable bonds is 6. The highest BCUT2D eigenvalue weighted by atomic mass is 16.5. The number of methoxy groups -OCH3 is 1. The Bertz CT molecular complexity index is 1290. The van der Waals surface area contributed by atoms with Crippen molar-refractivity contribution in [1.82, 2.24) is 30.1 Å². The Balaban J connectivity index is 1.58. The number of tetrazole rings is 1. The van der Waals surface area contributed by atoms with Crippen molar-refractivity contribution < 1.29 is 4.74 Å². The van der Waals surface area contributed by atoms with Crippen LogP contribution >= 0.6 is 0 Å². The maximum absolute atomic E-state index is 13.2. The highest BCUT2D eigenvalue weighted by Crippen LogP contribution is 2.30. The summed E-state index contributed by atoms with van der Waals surface area (Å²) in [7, 11) is 1.65. The van der Waals surface area contributed by atoms with Gasteiger partial charge in [-0.3, -0.25) is 9.69 Å². The number of aryl methyl sites for hydroxylation is 1. The molecule has 2 aromatic heterocycles. The lowest BCUT2D eigenvalue weighted by Crippen LogP contribution is -2.33. The molecule has 1 aliphatic heterocycles. The third kappa shape index (κ3) is 3.89. The van der Waals surface area contributed by atoms with Gasteiger partial charge < -0.3 is 9.72 Å².